The molecule has 0 aromatic heterocycles. The van der Waals surface area contributed by atoms with Crippen LogP contribution in [0.2, 0.25) is 0 Å². The highest BCUT2D eigenvalue weighted by atomic mass is 31.2. The molecular formula is C12H26NO3P. The molecule has 0 bridgehead atoms. The van der Waals surface area contributed by atoms with Crippen LogP contribution in [-0.2, 0) is 13.6 Å². The maximum Gasteiger partial charge on any atom is 0.345 e. The summed E-state index contributed by atoms with van der Waals surface area (Å²) in [7, 11) is -1.02. The lowest BCUT2D eigenvalue weighted by Crippen LogP contribution is -2.41. The molecule has 1 rings (SSSR count). The molecule has 17 heavy (non-hydrogen) atoms. The second-order valence-electron chi connectivity index (χ2n) is 5.89. The molecule has 0 amide bonds. The number of rotatable bonds is 5. The molecule has 1 heterocycles. The number of nitrogens with zero attached hydrogens (tertiary/aromatic N) is 1. The van der Waals surface area contributed by atoms with Crippen LogP contribution in [-0.4, -0.2) is 36.0 Å². The lowest BCUT2D eigenvalue weighted by atomic mass is 9.90. The topological polar surface area (TPSA) is 38.8 Å². The zero-order chi connectivity index (χ0) is 13.3. The van der Waals surface area contributed by atoms with Crippen LogP contribution in [0.3, 0.4) is 0 Å². The van der Waals surface area contributed by atoms with Gasteiger partial charge in [-0.25, -0.2) is 0 Å². The molecule has 0 atom stereocenters. The van der Waals surface area contributed by atoms with Crippen molar-refractivity contribution >= 4 is 7.60 Å². The van der Waals surface area contributed by atoms with Gasteiger partial charge in [0.1, 0.15) is 17.5 Å². The van der Waals surface area contributed by atoms with Crippen LogP contribution in [0.4, 0.5) is 0 Å². The first kappa shape index (κ1) is 15.2. The lowest BCUT2D eigenvalue weighted by Gasteiger charge is -2.29. The first-order valence-corrected chi connectivity index (χ1v) is 8.04. The minimum atomic E-state index is -2.98. The summed E-state index contributed by atoms with van der Waals surface area (Å²) >= 11 is 0. The minimum absolute atomic E-state index is 0.375. The van der Waals surface area contributed by atoms with E-state index in [-0.39, 0.29) is 0 Å². The second kappa shape index (κ2) is 5.00. The van der Waals surface area contributed by atoms with Crippen molar-refractivity contribution in [3.05, 3.63) is 0 Å². The number of hydrogen-bond donors (Lipinski definition) is 0. The smallest absolute Gasteiger partial charge is 0.299 e. The molecule has 0 N–H and O–H groups in total. The van der Waals surface area contributed by atoms with Gasteiger partial charge >= 0.3 is 7.60 Å². The van der Waals surface area contributed by atoms with Crippen molar-refractivity contribution in [1.82, 2.24) is 4.90 Å². The Labute approximate surface area is 105 Å². The third-order valence-electron chi connectivity index (χ3n) is 3.49. The summed E-state index contributed by atoms with van der Waals surface area (Å²) in [6.45, 7) is 10.8. The summed E-state index contributed by atoms with van der Waals surface area (Å²) in [5.74, 6) is 0. The predicted octanol–water partition coefficient (Wildman–Crippen LogP) is 3.47. The fourth-order valence-electron chi connectivity index (χ4n) is 1.79. The first-order chi connectivity index (χ1) is 7.62. The molecular weight excluding hydrogens is 237 g/mol. The Hall–Kier alpha value is 0.110. The Morgan fingerprint density at radius 1 is 1.12 bits per heavy atom. The van der Waals surface area contributed by atoms with Crippen LogP contribution < -0.4 is 0 Å². The third-order valence-corrected chi connectivity index (χ3v) is 5.79. The third kappa shape index (κ3) is 3.54. The van der Waals surface area contributed by atoms with Crippen molar-refractivity contribution in [3.63, 3.8) is 0 Å². The van der Waals surface area contributed by atoms with E-state index in [1.807, 2.05) is 39.6 Å². The Kier molecular flexibility index (Phi) is 4.47. The van der Waals surface area contributed by atoms with E-state index in [2.05, 4.69) is 6.92 Å². The van der Waals surface area contributed by atoms with E-state index in [1.54, 1.807) is 0 Å². The summed E-state index contributed by atoms with van der Waals surface area (Å²) < 4.78 is 23.9. The zero-order valence-electron chi connectivity index (χ0n) is 11.9. The van der Waals surface area contributed by atoms with Crippen molar-refractivity contribution in [2.75, 3.05) is 19.9 Å². The highest BCUT2D eigenvalue weighted by Crippen LogP contribution is 2.63. The van der Waals surface area contributed by atoms with Crippen LogP contribution in [0.1, 0.15) is 47.5 Å². The molecule has 0 saturated carbocycles. The van der Waals surface area contributed by atoms with Crippen molar-refractivity contribution in [1.29, 1.82) is 0 Å². The fourth-order valence-corrected chi connectivity index (χ4v) is 4.50. The van der Waals surface area contributed by atoms with Gasteiger partial charge in [-0.3, -0.25) is 18.5 Å². The normalized spacial score (nSPS) is 25.4. The molecule has 0 aromatic rings. The summed E-state index contributed by atoms with van der Waals surface area (Å²) in [5.41, 5.74) is -1.01. The molecule has 0 aromatic carbocycles. The fraction of sp³-hybridized carbons (Fsp3) is 1.00. The van der Waals surface area contributed by atoms with Crippen LogP contribution >= 0.6 is 7.60 Å². The Morgan fingerprint density at radius 3 is 2.00 bits per heavy atom. The first-order valence-electron chi connectivity index (χ1n) is 6.31. The lowest BCUT2D eigenvalue weighted by molar-refractivity contribution is 0.00578. The molecule has 1 aliphatic rings. The van der Waals surface area contributed by atoms with Crippen molar-refractivity contribution < 1.29 is 13.6 Å². The quantitative estimate of drug-likeness (QED) is 0.712. The van der Waals surface area contributed by atoms with E-state index in [4.69, 9.17) is 9.05 Å². The highest BCUT2D eigenvalue weighted by molar-refractivity contribution is 7.54. The Bertz CT molecular complexity index is 295. The van der Waals surface area contributed by atoms with Gasteiger partial charge in [-0.15, -0.1) is 0 Å². The molecule has 4 nitrogen and oxygen atoms in total. The largest absolute Gasteiger partial charge is 0.345 e. The van der Waals surface area contributed by atoms with Gasteiger partial charge in [0.25, 0.3) is 0 Å². The molecule has 0 aliphatic carbocycles. The van der Waals surface area contributed by atoms with Gasteiger partial charge in [0, 0.05) is 0 Å². The summed E-state index contributed by atoms with van der Waals surface area (Å²) in [4.78, 5) is 2.03. The predicted molar refractivity (Wildman–Crippen MR) is 70.3 cm³/mol. The Morgan fingerprint density at radius 2 is 1.59 bits per heavy atom. The summed E-state index contributed by atoms with van der Waals surface area (Å²) in [6.07, 6.45) is 2.61. The molecule has 0 spiro atoms. The molecule has 5 heteroatoms. The minimum Gasteiger partial charge on any atom is -0.299 e. The number of unbranched alkanes of at least 4 members (excludes halogenated alkanes) is 1. The van der Waals surface area contributed by atoms with E-state index in [9.17, 15) is 4.57 Å². The van der Waals surface area contributed by atoms with Crippen LogP contribution in [0.5, 0.6) is 0 Å². The second-order valence-corrected chi connectivity index (χ2v) is 7.76. The molecule has 1 saturated heterocycles. The molecule has 0 radical (unpaired) electrons. The van der Waals surface area contributed by atoms with Crippen LogP contribution in [0.15, 0.2) is 0 Å². The molecule has 0 unspecified atom stereocenters. The Balaban J connectivity index is 2.64. The molecule has 1 aliphatic heterocycles. The maximum atomic E-state index is 12.5. The zero-order valence-corrected chi connectivity index (χ0v) is 12.8. The van der Waals surface area contributed by atoms with Crippen molar-refractivity contribution in [2.24, 2.45) is 0 Å². The highest BCUT2D eigenvalue weighted by Gasteiger charge is 2.55. The van der Waals surface area contributed by atoms with E-state index in [0.717, 1.165) is 19.4 Å². The molecule has 102 valence electrons. The van der Waals surface area contributed by atoms with Gasteiger partial charge < -0.3 is 0 Å². The maximum absolute atomic E-state index is 12.5. The van der Waals surface area contributed by atoms with Crippen molar-refractivity contribution in [3.8, 4) is 0 Å². The number of hydrogen-bond acceptors (Lipinski definition) is 4. The van der Waals surface area contributed by atoms with Gasteiger partial charge in [-0.2, -0.15) is 0 Å². The standard InChI is InChI=1S/C12H26NO3P/c1-7-8-9-13(6)10-17(14)15-11(2,3)12(4,5)16-17/h7-10H2,1-6H3. The summed E-state index contributed by atoms with van der Waals surface area (Å²) in [6, 6.07) is 0. The van der Waals surface area contributed by atoms with Gasteiger partial charge in [-0.05, 0) is 47.7 Å². The van der Waals surface area contributed by atoms with E-state index < -0.39 is 18.8 Å². The van der Waals surface area contributed by atoms with E-state index in [0.29, 0.717) is 6.29 Å². The van der Waals surface area contributed by atoms with Gasteiger partial charge in [0.2, 0.25) is 0 Å². The average Bonchev–Trinajstić information content (AvgIpc) is 2.26. The average molecular weight is 263 g/mol. The van der Waals surface area contributed by atoms with Gasteiger partial charge in [0.05, 0.1) is 0 Å². The van der Waals surface area contributed by atoms with E-state index >= 15 is 0 Å². The van der Waals surface area contributed by atoms with Crippen molar-refractivity contribution in [2.45, 2.75) is 58.7 Å². The van der Waals surface area contributed by atoms with Gasteiger partial charge in [-0.1, -0.05) is 13.3 Å². The van der Waals surface area contributed by atoms with Crippen LogP contribution in [0, 0.1) is 0 Å². The summed E-state index contributed by atoms with van der Waals surface area (Å²) in [5, 5.41) is 0. The van der Waals surface area contributed by atoms with Gasteiger partial charge in [0.15, 0.2) is 0 Å². The van der Waals surface area contributed by atoms with Crippen LogP contribution in [0.25, 0.3) is 0 Å². The SMILES string of the molecule is CCCCN(C)CP1(=O)OC(C)(C)C(C)(C)O1. The molecule has 1 fully saturated rings. The monoisotopic (exact) mass is 263 g/mol. The van der Waals surface area contributed by atoms with E-state index in [1.165, 1.54) is 0 Å².